The number of rotatable bonds is 3. The molecule has 0 aliphatic heterocycles. The smallest absolute Gasteiger partial charge is 0.165 e. The number of thiophene rings is 1. The van der Waals surface area contributed by atoms with E-state index in [1.54, 1.807) is 28.2 Å². The number of fused-ring (bicyclic) bond motifs is 1. The van der Waals surface area contributed by atoms with E-state index in [1.807, 2.05) is 42.5 Å². The van der Waals surface area contributed by atoms with E-state index >= 15 is 0 Å². The number of anilines is 2. The van der Waals surface area contributed by atoms with Crippen molar-refractivity contribution in [3.8, 4) is 11.1 Å². The molecule has 0 aromatic carbocycles. The molecule has 4 heterocycles. The van der Waals surface area contributed by atoms with Gasteiger partial charge in [-0.3, -0.25) is 4.98 Å². The summed E-state index contributed by atoms with van der Waals surface area (Å²) in [7, 11) is 1.99. The zero-order valence-corrected chi connectivity index (χ0v) is 12.7. The SMILES string of the molecule is CN(c1ccncc1)c1ccn2ncc(-c3ccsc3)c2n1. The molecular weight excluding hydrogens is 294 g/mol. The molecular formula is C16H13N5S. The first kappa shape index (κ1) is 13.0. The van der Waals surface area contributed by atoms with E-state index in [9.17, 15) is 0 Å². The van der Waals surface area contributed by atoms with E-state index in [2.05, 4.69) is 26.9 Å². The molecule has 5 nitrogen and oxygen atoms in total. The number of pyridine rings is 1. The average molecular weight is 307 g/mol. The van der Waals surface area contributed by atoms with E-state index in [0.29, 0.717) is 0 Å². The standard InChI is InChI=1S/C16H13N5S/c1-20(13-2-6-17-7-3-13)15-4-8-21-16(19-15)14(10-18-21)12-5-9-22-11-12/h2-11H,1H3. The second-order valence-electron chi connectivity index (χ2n) is 4.89. The molecule has 0 amide bonds. The third-order valence-electron chi connectivity index (χ3n) is 3.58. The van der Waals surface area contributed by atoms with Gasteiger partial charge in [-0.2, -0.15) is 16.4 Å². The van der Waals surface area contributed by atoms with Gasteiger partial charge in [0.2, 0.25) is 0 Å². The number of aromatic nitrogens is 4. The van der Waals surface area contributed by atoms with E-state index in [-0.39, 0.29) is 0 Å². The molecule has 0 saturated carbocycles. The highest BCUT2D eigenvalue weighted by atomic mass is 32.1. The summed E-state index contributed by atoms with van der Waals surface area (Å²) in [5.74, 6) is 0.871. The van der Waals surface area contributed by atoms with Crippen molar-refractivity contribution in [2.75, 3.05) is 11.9 Å². The van der Waals surface area contributed by atoms with Crippen LogP contribution >= 0.6 is 11.3 Å². The highest BCUT2D eigenvalue weighted by Gasteiger charge is 2.11. The van der Waals surface area contributed by atoms with Gasteiger partial charge in [0.05, 0.1) is 6.20 Å². The first-order valence-electron chi connectivity index (χ1n) is 6.83. The van der Waals surface area contributed by atoms with Crippen LogP contribution in [0.15, 0.2) is 59.8 Å². The molecule has 0 aliphatic carbocycles. The van der Waals surface area contributed by atoms with Crippen LogP contribution in [-0.2, 0) is 0 Å². The van der Waals surface area contributed by atoms with Gasteiger partial charge in [0, 0.05) is 36.9 Å². The normalized spacial score (nSPS) is 11.0. The van der Waals surface area contributed by atoms with Gasteiger partial charge in [0.25, 0.3) is 0 Å². The Balaban J connectivity index is 1.82. The van der Waals surface area contributed by atoms with Crippen molar-refractivity contribution >= 4 is 28.5 Å². The topological polar surface area (TPSA) is 46.3 Å². The van der Waals surface area contributed by atoms with Crippen molar-refractivity contribution in [1.29, 1.82) is 0 Å². The van der Waals surface area contributed by atoms with Gasteiger partial charge in [0.15, 0.2) is 5.65 Å². The Bertz CT molecular complexity index is 899. The third-order valence-corrected chi connectivity index (χ3v) is 4.26. The van der Waals surface area contributed by atoms with Crippen molar-refractivity contribution in [3.05, 3.63) is 59.8 Å². The van der Waals surface area contributed by atoms with Crippen molar-refractivity contribution in [3.63, 3.8) is 0 Å². The highest BCUT2D eigenvalue weighted by molar-refractivity contribution is 7.08. The fraction of sp³-hybridized carbons (Fsp3) is 0.0625. The lowest BCUT2D eigenvalue weighted by Crippen LogP contribution is -2.11. The summed E-state index contributed by atoms with van der Waals surface area (Å²) in [6.45, 7) is 0. The molecule has 0 unspecified atom stereocenters. The maximum Gasteiger partial charge on any atom is 0.165 e. The van der Waals surface area contributed by atoms with Crippen molar-refractivity contribution in [2.45, 2.75) is 0 Å². The van der Waals surface area contributed by atoms with Crippen LogP contribution in [0, 0.1) is 0 Å². The lowest BCUT2D eigenvalue weighted by Gasteiger charge is -2.18. The van der Waals surface area contributed by atoms with Gasteiger partial charge in [-0.05, 0) is 40.6 Å². The summed E-state index contributed by atoms with van der Waals surface area (Å²) in [6, 6.07) is 7.96. The zero-order valence-electron chi connectivity index (χ0n) is 11.9. The van der Waals surface area contributed by atoms with Crippen LogP contribution in [-0.4, -0.2) is 26.6 Å². The van der Waals surface area contributed by atoms with Crippen molar-refractivity contribution in [2.24, 2.45) is 0 Å². The quantitative estimate of drug-likeness (QED) is 0.580. The zero-order chi connectivity index (χ0) is 14.9. The Kier molecular flexibility index (Phi) is 3.08. The maximum absolute atomic E-state index is 4.78. The molecule has 0 bridgehead atoms. The molecule has 0 saturated heterocycles. The average Bonchev–Trinajstić information content (AvgIpc) is 3.23. The van der Waals surface area contributed by atoms with Crippen LogP contribution in [0.1, 0.15) is 0 Å². The summed E-state index contributed by atoms with van der Waals surface area (Å²) < 4.78 is 1.80. The van der Waals surface area contributed by atoms with Gasteiger partial charge in [-0.1, -0.05) is 0 Å². The largest absolute Gasteiger partial charge is 0.329 e. The molecule has 0 atom stereocenters. The lowest BCUT2D eigenvalue weighted by molar-refractivity contribution is 0.933. The van der Waals surface area contributed by atoms with Crippen molar-refractivity contribution in [1.82, 2.24) is 19.6 Å². The lowest BCUT2D eigenvalue weighted by atomic mass is 10.2. The molecule has 0 spiro atoms. The molecule has 0 aliphatic rings. The van der Waals surface area contributed by atoms with Crippen LogP contribution in [0.25, 0.3) is 16.8 Å². The van der Waals surface area contributed by atoms with Gasteiger partial charge in [-0.15, -0.1) is 0 Å². The molecule has 0 radical (unpaired) electrons. The minimum atomic E-state index is 0.858. The molecule has 6 heteroatoms. The first-order chi connectivity index (χ1) is 10.8. The minimum absolute atomic E-state index is 0.858. The summed E-state index contributed by atoms with van der Waals surface area (Å²) in [6.07, 6.45) is 7.35. The molecule has 4 rings (SSSR count). The van der Waals surface area contributed by atoms with E-state index in [4.69, 9.17) is 4.98 Å². The molecule has 0 N–H and O–H groups in total. The van der Waals surface area contributed by atoms with Crippen LogP contribution in [0.3, 0.4) is 0 Å². The molecule has 4 aromatic heterocycles. The molecule has 4 aromatic rings. The Hall–Kier alpha value is -2.73. The van der Waals surface area contributed by atoms with Gasteiger partial charge >= 0.3 is 0 Å². The summed E-state index contributed by atoms with van der Waals surface area (Å²) in [5.41, 5.74) is 4.10. The third kappa shape index (κ3) is 2.14. The molecule has 22 heavy (non-hydrogen) atoms. The highest BCUT2D eigenvalue weighted by Crippen LogP contribution is 2.28. The predicted molar refractivity (Wildman–Crippen MR) is 88.6 cm³/mol. The fourth-order valence-electron chi connectivity index (χ4n) is 2.37. The van der Waals surface area contributed by atoms with Crippen LogP contribution in [0.4, 0.5) is 11.5 Å². The van der Waals surface area contributed by atoms with E-state index in [0.717, 1.165) is 28.3 Å². The Morgan fingerprint density at radius 2 is 2.00 bits per heavy atom. The van der Waals surface area contributed by atoms with Crippen LogP contribution in [0.5, 0.6) is 0 Å². The van der Waals surface area contributed by atoms with E-state index < -0.39 is 0 Å². The Morgan fingerprint density at radius 3 is 2.77 bits per heavy atom. The first-order valence-corrected chi connectivity index (χ1v) is 7.78. The fourth-order valence-corrected chi connectivity index (χ4v) is 3.02. The Morgan fingerprint density at radius 1 is 1.14 bits per heavy atom. The Labute approximate surface area is 131 Å². The number of hydrogen-bond acceptors (Lipinski definition) is 5. The van der Waals surface area contributed by atoms with E-state index in [1.165, 1.54) is 0 Å². The van der Waals surface area contributed by atoms with Gasteiger partial charge in [-0.25, -0.2) is 9.50 Å². The molecule has 108 valence electrons. The summed E-state index contributed by atoms with van der Waals surface area (Å²) in [4.78, 5) is 10.9. The van der Waals surface area contributed by atoms with Crippen LogP contribution < -0.4 is 4.90 Å². The molecule has 0 fully saturated rings. The maximum atomic E-state index is 4.78. The monoisotopic (exact) mass is 307 g/mol. The predicted octanol–water partition coefficient (Wildman–Crippen LogP) is 3.62. The van der Waals surface area contributed by atoms with Crippen LogP contribution in [0.2, 0.25) is 0 Å². The minimum Gasteiger partial charge on any atom is -0.329 e. The second-order valence-corrected chi connectivity index (χ2v) is 5.67. The van der Waals surface area contributed by atoms with Gasteiger partial charge in [0.1, 0.15) is 5.82 Å². The number of nitrogens with zero attached hydrogens (tertiary/aromatic N) is 5. The number of hydrogen-bond donors (Lipinski definition) is 0. The second kappa shape index (κ2) is 5.23. The van der Waals surface area contributed by atoms with Gasteiger partial charge < -0.3 is 4.90 Å². The summed E-state index contributed by atoms with van der Waals surface area (Å²) in [5, 5.41) is 8.55. The van der Waals surface area contributed by atoms with Crippen molar-refractivity contribution < 1.29 is 0 Å². The summed E-state index contributed by atoms with van der Waals surface area (Å²) >= 11 is 1.67.